The van der Waals surface area contributed by atoms with Gasteiger partial charge in [-0.25, -0.2) is 4.39 Å². The van der Waals surface area contributed by atoms with E-state index in [1.165, 1.54) is 23.9 Å². The van der Waals surface area contributed by atoms with E-state index in [1.54, 1.807) is 43.3 Å². The number of nitrogens with zero attached hydrogens (tertiary/aromatic N) is 2. The molecule has 7 heteroatoms. The fraction of sp³-hybridized carbons (Fsp3) is 0.118. The minimum atomic E-state index is -0.396. The maximum atomic E-state index is 12.9. The summed E-state index contributed by atoms with van der Waals surface area (Å²) in [5.41, 5.74) is 1.19. The molecule has 0 saturated heterocycles. The van der Waals surface area contributed by atoms with E-state index < -0.39 is 5.25 Å². The molecule has 1 atom stereocenters. The van der Waals surface area contributed by atoms with E-state index in [4.69, 9.17) is 16.0 Å². The van der Waals surface area contributed by atoms with Gasteiger partial charge in [0.2, 0.25) is 5.89 Å². The number of carbonyl (C=O) groups excluding carboxylic acids is 1. The average Bonchev–Trinajstić information content (AvgIpc) is 3.04. The van der Waals surface area contributed by atoms with Crippen molar-refractivity contribution >= 4 is 29.1 Å². The van der Waals surface area contributed by atoms with Crippen LogP contribution in [0.1, 0.15) is 17.3 Å². The van der Waals surface area contributed by atoms with Crippen molar-refractivity contribution in [1.29, 1.82) is 0 Å². The van der Waals surface area contributed by atoms with Gasteiger partial charge in [0.25, 0.3) is 5.22 Å². The van der Waals surface area contributed by atoms with Gasteiger partial charge in [0.1, 0.15) is 5.82 Å². The molecule has 1 heterocycles. The van der Waals surface area contributed by atoms with Crippen LogP contribution in [0.3, 0.4) is 0 Å². The Morgan fingerprint density at radius 3 is 2.46 bits per heavy atom. The van der Waals surface area contributed by atoms with Crippen molar-refractivity contribution in [2.45, 2.75) is 17.4 Å². The lowest BCUT2D eigenvalue weighted by Gasteiger charge is -2.07. The minimum Gasteiger partial charge on any atom is -0.411 e. The molecule has 0 saturated carbocycles. The summed E-state index contributed by atoms with van der Waals surface area (Å²) < 4.78 is 18.5. The predicted molar refractivity (Wildman–Crippen MR) is 90.8 cm³/mol. The average molecular weight is 363 g/mol. The molecule has 0 aliphatic heterocycles. The number of rotatable bonds is 5. The topological polar surface area (TPSA) is 56.0 Å². The third-order valence-electron chi connectivity index (χ3n) is 3.27. The van der Waals surface area contributed by atoms with Gasteiger partial charge in [-0.15, -0.1) is 10.2 Å². The zero-order valence-electron chi connectivity index (χ0n) is 12.6. The Labute approximate surface area is 147 Å². The molecule has 0 unspecified atom stereocenters. The molecule has 0 aliphatic rings. The van der Waals surface area contributed by atoms with E-state index in [2.05, 4.69) is 10.2 Å². The van der Waals surface area contributed by atoms with Gasteiger partial charge in [0.05, 0.1) is 5.25 Å². The molecular weight excluding hydrogens is 351 g/mol. The SMILES string of the molecule is C[C@H](Sc1nnc(-c2ccc(F)cc2)o1)C(=O)c1ccc(Cl)cc1. The van der Waals surface area contributed by atoms with Gasteiger partial charge in [-0.2, -0.15) is 0 Å². The van der Waals surface area contributed by atoms with E-state index in [-0.39, 0.29) is 22.7 Å². The Hall–Kier alpha value is -2.18. The van der Waals surface area contributed by atoms with Crippen LogP contribution < -0.4 is 0 Å². The highest BCUT2D eigenvalue weighted by atomic mass is 35.5. The van der Waals surface area contributed by atoms with E-state index in [0.717, 1.165) is 0 Å². The molecule has 0 N–H and O–H groups in total. The molecule has 0 bridgehead atoms. The van der Waals surface area contributed by atoms with Crippen LogP contribution >= 0.6 is 23.4 Å². The van der Waals surface area contributed by atoms with Crippen LogP contribution in [-0.4, -0.2) is 21.2 Å². The van der Waals surface area contributed by atoms with Crippen molar-refractivity contribution in [1.82, 2.24) is 10.2 Å². The summed E-state index contributed by atoms with van der Waals surface area (Å²) in [5.74, 6) is -0.114. The van der Waals surface area contributed by atoms with Gasteiger partial charge in [-0.05, 0) is 55.5 Å². The van der Waals surface area contributed by atoms with Crippen molar-refractivity contribution in [3.05, 3.63) is 64.9 Å². The number of hydrogen-bond donors (Lipinski definition) is 0. The fourth-order valence-electron chi connectivity index (χ4n) is 2.02. The normalized spacial score (nSPS) is 12.1. The summed E-state index contributed by atoms with van der Waals surface area (Å²) in [6.45, 7) is 1.77. The second-order valence-electron chi connectivity index (χ2n) is 5.01. The van der Waals surface area contributed by atoms with Crippen LogP contribution in [0.15, 0.2) is 58.2 Å². The van der Waals surface area contributed by atoms with Gasteiger partial charge in [0.15, 0.2) is 5.78 Å². The van der Waals surface area contributed by atoms with Crippen LogP contribution in [0.2, 0.25) is 5.02 Å². The van der Waals surface area contributed by atoms with Gasteiger partial charge >= 0.3 is 0 Å². The minimum absolute atomic E-state index is 0.0572. The molecule has 2 aromatic carbocycles. The number of benzene rings is 2. The molecule has 0 aliphatic carbocycles. The second-order valence-corrected chi connectivity index (χ2v) is 6.74. The summed E-state index contributed by atoms with van der Waals surface area (Å²) in [5, 5.41) is 8.31. The van der Waals surface area contributed by atoms with Crippen molar-refractivity contribution in [3.8, 4) is 11.5 Å². The lowest BCUT2D eigenvalue weighted by molar-refractivity contribution is 0.0993. The fourth-order valence-corrected chi connectivity index (χ4v) is 2.91. The first-order chi connectivity index (χ1) is 11.5. The van der Waals surface area contributed by atoms with Gasteiger partial charge in [-0.1, -0.05) is 23.4 Å². The van der Waals surface area contributed by atoms with Crippen LogP contribution in [0, 0.1) is 5.82 Å². The van der Waals surface area contributed by atoms with Gasteiger partial charge in [0, 0.05) is 16.1 Å². The Balaban J connectivity index is 1.70. The third kappa shape index (κ3) is 3.83. The van der Waals surface area contributed by atoms with Crippen LogP contribution in [0.25, 0.3) is 11.5 Å². The zero-order valence-corrected chi connectivity index (χ0v) is 14.1. The smallest absolute Gasteiger partial charge is 0.277 e. The van der Waals surface area contributed by atoms with Crippen LogP contribution in [-0.2, 0) is 0 Å². The number of carbonyl (C=O) groups is 1. The quantitative estimate of drug-likeness (QED) is 0.477. The van der Waals surface area contributed by atoms with E-state index in [0.29, 0.717) is 16.1 Å². The Morgan fingerprint density at radius 2 is 1.79 bits per heavy atom. The maximum absolute atomic E-state index is 12.9. The van der Waals surface area contributed by atoms with Crippen LogP contribution in [0.4, 0.5) is 4.39 Å². The zero-order chi connectivity index (χ0) is 17.1. The van der Waals surface area contributed by atoms with E-state index in [1.807, 2.05) is 0 Å². The standard InChI is InChI=1S/C17H12ClFN2O2S/c1-10(15(22)11-2-6-13(18)7-3-11)24-17-21-20-16(23-17)12-4-8-14(19)9-5-12/h2-10H,1H3/t10-/m0/s1. The Morgan fingerprint density at radius 1 is 1.12 bits per heavy atom. The van der Waals surface area contributed by atoms with Gasteiger partial charge < -0.3 is 4.42 Å². The van der Waals surface area contributed by atoms with Gasteiger partial charge in [-0.3, -0.25) is 4.79 Å². The molecule has 122 valence electrons. The highest BCUT2D eigenvalue weighted by Crippen LogP contribution is 2.28. The highest BCUT2D eigenvalue weighted by molar-refractivity contribution is 8.00. The predicted octanol–water partition coefficient (Wildman–Crippen LogP) is 4.89. The van der Waals surface area contributed by atoms with E-state index in [9.17, 15) is 9.18 Å². The molecule has 1 aromatic heterocycles. The lowest BCUT2D eigenvalue weighted by atomic mass is 10.1. The molecule has 3 rings (SSSR count). The first kappa shape index (κ1) is 16.7. The summed E-state index contributed by atoms with van der Waals surface area (Å²) in [6.07, 6.45) is 0. The highest BCUT2D eigenvalue weighted by Gasteiger charge is 2.20. The molecule has 4 nitrogen and oxygen atoms in total. The molecular formula is C17H12ClFN2O2S. The third-order valence-corrected chi connectivity index (χ3v) is 4.46. The molecule has 3 aromatic rings. The summed E-state index contributed by atoms with van der Waals surface area (Å²) in [4.78, 5) is 12.4. The number of ketones is 1. The van der Waals surface area contributed by atoms with Crippen molar-refractivity contribution in [2.75, 3.05) is 0 Å². The molecule has 24 heavy (non-hydrogen) atoms. The second kappa shape index (κ2) is 7.15. The summed E-state index contributed by atoms with van der Waals surface area (Å²) >= 11 is 7.00. The monoisotopic (exact) mass is 362 g/mol. The molecule has 0 fully saturated rings. The van der Waals surface area contributed by atoms with Crippen molar-refractivity contribution < 1.29 is 13.6 Å². The molecule has 0 amide bonds. The lowest BCUT2D eigenvalue weighted by Crippen LogP contribution is -2.13. The number of aromatic nitrogens is 2. The number of hydrogen-bond acceptors (Lipinski definition) is 5. The molecule has 0 spiro atoms. The first-order valence-corrected chi connectivity index (χ1v) is 8.34. The summed E-state index contributed by atoms with van der Waals surface area (Å²) in [6, 6.07) is 12.5. The number of Topliss-reactive ketones (excluding diaryl/α,β-unsaturated/α-hetero) is 1. The number of thioether (sulfide) groups is 1. The van der Waals surface area contributed by atoms with Crippen LogP contribution in [0.5, 0.6) is 0 Å². The van der Waals surface area contributed by atoms with Crippen molar-refractivity contribution in [2.24, 2.45) is 0 Å². The Bertz CT molecular complexity index is 850. The van der Waals surface area contributed by atoms with Crippen molar-refractivity contribution in [3.63, 3.8) is 0 Å². The Kier molecular flexibility index (Phi) is 4.97. The summed E-state index contributed by atoms with van der Waals surface area (Å²) in [7, 11) is 0. The number of halogens is 2. The largest absolute Gasteiger partial charge is 0.411 e. The first-order valence-electron chi connectivity index (χ1n) is 7.09. The maximum Gasteiger partial charge on any atom is 0.277 e. The molecule has 0 radical (unpaired) electrons. The van der Waals surface area contributed by atoms with E-state index >= 15 is 0 Å².